The van der Waals surface area contributed by atoms with Crippen LogP contribution in [0.25, 0.3) is 22.4 Å². The maximum absolute atomic E-state index is 12.7. The van der Waals surface area contributed by atoms with Crippen molar-refractivity contribution in [1.82, 2.24) is 14.8 Å². The Morgan fingerprint density at radius 1 is 1.22 bits per heavy atom. The summed E-state index contributed by atoms with van der Waals surface area (Å²) in [4.78, 5) is 0. The minimum absolute atomic E-state index is 0.396. The molecule has 2 atom stereocenters. The van der Waals surface area contributed by atoms with Crippen LogP contribution in [0.5, 0.6) is 0 Å². The third kappa shape index (κ3) is 3.58. The van der Waals surface area contributed by atoms with Gasteiger partial charge in [0.2, 0.25) is 11.8 Å². The van der Waals surface area contributed by atoms with E-state index in [1.807, 2.05) is 54.7 Å². The van der Waals surface area contributed by atoms with Crippen LogP contribution in [-0.2, 0) is 36.3 Å². The number of benzene rings is 2. The van der Waals surface area contributed by atoms with Crippen molar-refractivity contribution in [3.8, 4) is 11.5 Å². The standard InChI is InChI=1S/C24H27N5O2S/c1-4-17-15-29-10-11-32(30)28(3)20-13-18(12-19(17)21(20)29)22-26-27-23(31-22)24(2,25)14-16-8-6-5-7-9-16/h5-9,12-13,15H,4,10-11,14,25H2,1-3H3/t24-,32?/m1/s1. The van der Waals surface area contributed by atoms with Gasteiger partial charge in [0.25, 0.3) is 0 Å². The molecule has 0 saturated carbocycles. The van der Waals surface area contributed by atoms with E-state index in [1.165, 1.54) is 5.56 Å². The molecule has 8 heteroatoms. The quantitative estimate of drug-likeness (QED) is 0.466. The molecule has 0 spiro atoms. The molecule has 0 bridgehead atoms. The van der Waals surface area contributed by atoms with E-state index < -0.39 is 16.9 Å². The fraction of sp³-hybridized carbons (Fsp3) is 0.333. The number of aryl methyl sites for hydroxylation is 2. The van der Waals surface area contributed by atoms with Crippen LogP contribution in [0.1, 0.15) is 30.9 Å². The lowest BCUT2D eigenvalue weighted by atomic mass is 9.94. The molecule has 166 valence electrons. The van der Waals surface area contributed by atoms with Crippen molar-refractivity contribution in [3.05, 3.63) is 65.7 Å². The highest BCUT2D eigenvalue weighted by atomic mass is 32.2. The monoisotopic (exact) mass is 449 g/mol. The van der Waals surface area contributed by atoms with Crippen LogP contribution in [0, 0.1) is 0 Å². The first-order chi connectivity index (χ1) is 15.4. The Morgan fingerprint density at radius 2 is 2.00 bits per heavy atom. The Hall–Kier alpha value is -2.81. The molecule has 5 rings (SSSR count). The van der Waals surface area contributed by atoms with Crippen LogP contribution in [0.2, 0.25) is 0 Å². The molecule has 1 unspecified atom stereocenters. The second kappa shape index (κ2) is 7.95. The molecule has 0 radical (unpaired) electrons. The molecule has 2 aromatic heterocycles. The summed E-state index contributed by atoms with van der Waals surface area (Å²) in [5, 5.41) is 9.75. The van der Waals surface area contributed by atoms with Gasteiger partial charge < -0.3 is 19.3 Å². The lowest BCUT2D eigenvalue weighted by molar-refractivity contribution is 0.355. The zero-order chi connectivity index (χ0) is 22.5. The molecule has 1 aliphatic rings. The number of aromatic nitrogens is 3. The lowest BCUT2D eigenvalue weighted by Crippen LogP contribution is -2.35. The number of hydrogen-bond donors (Lipinski definition) is 1. The van der Waals surface area contributed by atoms with Gasteiger partial charge in [0.15, 0.2) is 0 Å². The number of anilines is 1. The number of rotatable bonds is 5. The minimum Gasteiger partial charge on any atom is -0.593 e. The predicted molar refractivity (Wildman–Crippen MR) is 128 cm³/mol. The second-order valence-electron chi connectivity index (χ2n) is 8.61. The average molecular weight is 450 g/mol. The molecule has 2 aromatic carbocycles. The van der Waals surface area contributed by atoms with Crippen LogP contribution < -0.4 is 10.0 Å². The third-order valence-corrected chi connectivity index (χ3v) is 7.48. The maximum Gasteiger partial charge on any atom is 0.247 e. The van der Waals surface area contributed by atoms with Crippen LogP contribution in [0.4, 0.5) is 5.69 Å². The first-order valence-corrected chi connectivity index (χ1v) is 12.1. The van der Waals surface area contributed by atoms with Crippen molar-refractivity contribution in [2.24, 2.45) is 5.73 Å². The molecule has 7 nitrogen and oxygen atoms in total. The number of nitrogens with two attached hydrogens (primary N) is 1. The van der Waals surface area contributed by atoms with E-state index in [9.17, 15) is 4.55 Å². The van der Waals surface area contributed by atoms with Crippen molar-refractivity contribution in [2.75, 3.05) is 17.1 Å². The Morgan fingerprint density at radius 3 is 2.75 bits per heavy atom. The smallest absolute Gasteiger partial charge is 0.247 e. The van der Waals surface area contributed by atoms with Crippen LogP contribution >= 0.6 is 0 Å². The van der Waals surface area contributed by atoms with Crippen molar-refractivity contribution in [1.29, 1.82) is 0 Å². The van der Waals surface area contributed by atoms with E-state index in [2.05, 4.69) is 34.0 Å². The zero-order valence-corrected chi connectivity index (χ0v) is 19.4. The van der Waals surface area contributed by atoms with Gasteiger partial charge in [0.05, 0.1) is 36.0 Å². The topological polar surface area (TPSA) is 96.2 Å². The molecule has 0 saturated heterocycles. The molecular weight excluding hydrogens is 422 g/mol. The summed E-state index contributed by atoms with van der Waals surface area (Å²) >= 11 is -1.09. The van der Waals surface area contributed by atoms with Crippen molar-refractivity contribution in [2.45, 2.75) is 38.8 Å². The Labute approximate surface area is 190 Å². The SMILES string of the molecule is CCc1cn2c3c(cc(-c4nnc([C@](C)(N)Cc5ccccc5)o4)cc13)N(C)[S+]([O-])CC2. The van der Waals surface area contributed by atoms with Gasteiger partial charge >= 0.3 is 0 Å². The van der Waals surface area contributed by atoms with E-state index in [1.54, 1.807) is 0 Å². The Balaban J connectivity index is 1.57. The largest absolute Gasteiger partial charge is 0.593 e. The first-order valence-electron chi connectivity index (χ1n) is 10.8. The second-order valence-corrected chi connectivity index (χ2v) is 10.2. The van der Waals surface area contributed by atoms with Crippen LogP contribution in [0.3, 0.4) is 0 Å². The molecule has 3 heterocycles. The summed E-state index contributed by atoms with van der Waals surface area (Å²) in [6.45, 7) is 4.78. The van der Waals surface area contributed by atoms with Gasteiger partial charge in [0.1, 0.15) is 11.4 Å². The normalized spacial score (nSPS) is 18.0. The number of hydrogen-bond acceptors (Lipinski definition) is 6. The summed E-state index contributed by atoms with van der Waals surface area (Å²) in [5.41, 5.74) is 11.0. The molecule has 32 heavy (non-hydrogen) atoms. The molecule has 0 aliphatic carbocycles. The summed E-state index contributed by atoms with van der Waals surface area (Å²) < 4.78 is 22.8. The van der Waals surface area contributed by atoms with Crippen molar-refractivity contribution >= 4 is 28.0 Å². The highest BCUT2D eigenvalue weighted by Gasteiger charge is 2.30. The third-order valence-electron chi connectivity index (χ3n) is 6.14. The summed E-state index contributed by atoms with van der Waals surface area (Å²) in [5.74, 6) is 1.40. The van der Waals surface area contributed by atoms with Gasteiger partial charge in [-0.3, -0.25) is 0 Å². The summed E-state index contributed by atoms with van der Waals surface area (Å²) in [6, 6.07) is 14.1. The maximum atomic E-state index is 12.7. The van der Waals surface area contributed by atoms with Crippen LogP contribution in [-0.4, -0.2) is 32.1 Å². The summed E-state index contributed by atoms with van der Waals surface area (Å²) in [7, 11) is 1.87. The van der Waals surface area contributed by atoms with Crippen molar-refractivity contribution < 1.29 is 8.97 Å². The van der Waals surface area contributed by atoms with Crippen LogP contribution in [0.15, 0.2) is 53.1 Å². The van der Waals surface area contributed by atoms with Gasteiger partial charge in [-0.2, -0.15) is 4.31 Å². The lowest BCUT2D eigenvalue weighted by Gasteiger charge is -2.21. The molecule has 4 aromatic rings. The van der Waals surface area contributed by atoms with Crippen molar-refractivity contribution in [3.63, 3.8) is 0 Å². The molecule has 2 N–H and O–H groups in total. The Kier molecular flexibility index (Phi) is 5.23. The predicted octanol–water partition coefficient (Wildman–Crippen LogP) is 3.78. The zero-order valence-electron chi connectivity index (χ0n) is 18.5. The fourth-order valence-corrected chi connectivity index (χ4v) is 5.38. The molecule has 0 amide bonds. The first kappa shape index (κ1) is 21.1. The highest BCUT2D eigenvalue weighted by molar-refractivity contribution is 7.92. The van der Waals surface area contributed by atoms with E-state index >= 15 is 0 Å². The Bertz CT molecular complexity index is 1260. The molecular formula is C24H27N5O2S. The van der Waals surface area contributed by atoms with Gasteiger partial charge in [-0.25, -0.2) is 0 Å². The van der Waals surface area contributed by atoms with Gasteiger partial charge in [-0.05, 0) is 43.0 Å². The average Bonchev–Trinajstić information content (AvgIpc) is 3.40. The van der Waals surface area contributed by atoms with Gasteiger partial charge in [0, 0.05) is 17.1 Å². The summed E-state index contributed by atoms with van der Waals surface area (Å²) in [6.07, 6.45) is 3.67. The van der Waals surface area contributed by atoms with E-state index in [0.29, 0.717) is 24.0 Å². The fourth-order valence-electron chi connectivity index (χ4n) is 4.40. The van der Waals surface area contributed by atoms with E-state index in [0.717, 1.165) is 40.7 Å². The molecule has 0 fully saturated rings. The molecule has 1 aliphatic heterocycles. The highest BCUT2D eigenvalue weighted by Crippen LogP contribution is 2.38. The number of nitrogens with zero attached hydrogens (tertiary/aromatic N) is 4. The van der Waals surface area contributed by atoms with E-state index in [4.69, 9.17) is 10.2 Å². The van der Waals surface area contributed by atoms with Gasteiger partial charge in [-0.1, -0.05) is 37.3 Å². The van der Waals surface area contributed by atoms with E-state index in [-0.39, 0.29) is 0 Å². The van der Waals surface area contributed by atoms with Gasteiger partial charge in [-0.15, -0.1) is 10.2 Å². The minimum atomic E-state index is -1.09.